The van der Waals surface area contributed by atoms with Crippen LogP contribution in [0.1, 0.15) is 16.7 Å². The molecule has 0 spiro atoms. The van der Waals surface area contributed by atoms with Gasteiger partial charge in [-0.2, -0.15) is 0 Å². The lowest BCUT2D eigenvalue weighted by atomic mass is 10.1. The van der Waals surface area contributed by atoms with Gasteiger partial charge in [-0.1, -0.05) is 127 Å². The van der Waals surface area contributed by atoms with Gasteiger partial charge in [0.05, 0.1) is 0 Å². The SMILES string of the molecule is C1=CC([Si](c2ccccc2)(c2ccccc2)c2ccccc2)c2ccccc21. The van der Waals surface area contributed by atoms with Crippen molar-refractivity contribution in [2.24, 2.45) is 0 Å². The van der Waals surface area contributed by atoms with Crippen molar-refractivity contribution < 1.29 is 0 Å². The Balaban J connectivity index is 1.88. The number of allylic oxidation sites excluding steroid dienone is 1. The van der Waals surface area contributed by atoms with E-state index in [2.05, 4.69) is 127 Å². The summed E-state index contributed by atoms with van der Waals surface area (Å²) < 4.78 is 0. The van der Waals surface area contributed by atoms with Crippen LogP contribution in [0.4, 0.5) is 0 Å². The molecular weight excluding hydrogens is 352 g/mol. The van der Waals surface area contributed by atoms with Gasteiger partial charge in [0.25, 0.3) is 0 Å². The summed E-state index contributed by atoms with van der Waals surface area (Å²) in [6.07, 6.45) is 4.76. The normalized spacial score (nSPS) is 15.4. The molecule has 0 N–H and O–H groups in total. The maximum atomic E-state index is 2.45. The van der Waals surface area contributed by atoms with Crippen LogP contribution in [0.5, 0.6) is 0 Å². The molecule has 0 aromatic heterocycles. The predicted molar refractivity (Wildman–Crippen MR) is 122 cm³/mol. The Kier molecular flexibility index (Phi) is 4.30. The highest BCUT2D eigenvalue weighted by Gasteiger charge is 2.47. The fraction of sp³-hybridized carbons (Fsp3) is 0.0370. The van der Waals surface area contributed by atoms with Crippen LogP contribution in [0.2, 0.25) is 0 Å². The van der Waals surface area contributed by atoms with Crippen LogP contribution in [0, 0.1) is 0 Å². The summed E-state index contributed by atoms with van der Waals surface area (Å²) >= 11 is 0. The molecule has 1 aliphatic carbocycles. The standard InChI is InChI=1S/C27H22Si/c1-4-13-23(14-5-1)28(24-15-6-2-7-16-24,25-17-8-3-9-18-25)27-21-20-22-12-10-11-19-26(22)27/h1-21,27H. The smallest absolute Gasteiger partial charge is 0.0781 e. The summed E-state index contributed by atoms with van der Waals surface area (Å²) in [6, 6.07) is 42.4. The Bertz CT molecular complexity index is 1000. The van der Waals surface area contributed by atoms with Crippen molar-refractivity contribution >= 4 is 29.7 Å². The van der Waals surface area contributed by atoms with Gasteiger partial charge in [-0.25, -0.2) is 0 Å². The van der Waals surface area contributed by atoms with E-state index in [0.717, 1.165) is 0 Å². The zero-order valence-electron chi connectivity index (χ0n) is 15.7. The van der Waals surface area contributed by atoms with Gasteiger partial charge in [-0.05, 0) is 26.7 Å². The quantitative estimate of drug-likeness (QED) is 0.364. The Labute approximate surface area is 167 Å². The van der Waals surface area contributed by atoms with E-state index in [1.54, 1.807) is 0 Å². The fourth-order valence-electron chi connectivity index (χ4n) is 4.77. The second-order valence-electron chi connectivity index (χ2n) is 7.37. The summed E-state index contributed by atoms with van der Waals surface area (Å²) in [6.45, 7) is 0. The molecule has 0 radical (unpaired) electrons. The van der Waals surface area contributed by atoms with E-state index in [4.69, 9.17) is 0 Å². The molecule has 1 aliphatic rings. The molecule has 0 fully saturated rings. The molecule has 0 heterocycles. The summed E-state index contributed by atoms with van der Waals surface area (Å²) in [5.74, 6) is 0. The highest BCUT2D eigenvalue weighted by molar-refractivity contribution is 7.12. The minimum absolute atomic E-state index is 0.371. The number of hydrogen-bond acceptors (Lipinski definition) is 0. The first-order valence-electron chi connectivity index (χ1n) is 9.84. The van der Waals surface area contributed by atoms with Crippen LogP contribution in [-0.4, -0.2) is 8.07 Å². The van der Waals surface area contributed by atoms with Crippen LogP contribution in [0.25, 0.3) is 6.08 Å². The maximum absolute atomic E-state index is 2.45. The third kappa shape index (κ3) is 2.59. The molecule has 1 atom stereocenters. The zero-order chi connectivity index (χ0) is 18.8. The molecule has 5 rings (SSSR count). The van der Waals surface area contributed by atoms with E-state index in [1.165, 1.54) is 26.7 Å². The van der Waals surface area contributed by atoms with Crippen LogP contribution in [0.3, 0.4) is 0 Å². The molecule has 4 aromatic carbocycles. The fourth-order valence-corrected chi connectivity index (χ4v) is 10.1. The number of fused-ring (bicyclic) bond motifs is 1. The maximum Gasteiger partial charge on any atom is 0.159 e. The average Bonchev–Trinajstić information content (AvgIpc) is 3.21. The molecule has 0 saturated carbocycles. The first-order chi connectivity index (χ1) is 13.9. The number of rotatable bonds is 4. The number of benzene rings is 4. The van der Waals surface area contributed by atoms with Gasteiger partial charge in [0.15, 0.2) is 8.07 Å². The monoisotopic (exact) mass is 374 g/mol. The lowest BCUT2D eigenvalue weighted by Gasteiger charge is -2.39. The van der Waals surface area contributed by atoms with Crippen molar-refractivity contribution in [3.8, 4) is 0 Å². The molecular formula is C27H22Si. The van der Waals surface area contributed by atoms with Crippen LogP contribution in [0.15, 0.2) is 121 Å². The summed E-state index contributed by atoms with van der Waals surface area (Å²) in [5, 5.41) is 4.37. The molecule has 28 heavy (non-hydrogen) atoms. The Morgan fingerprint density at radius 3 is 1.39 bits per heavy atom. The molecule has 134 valence electrons. The van der Waals surface area contributed by atoms with E-state index in [0.29, 0.717) is 5.54 Å². The van der Waals surface area contributed by atoms with Crippen molar-refractivity contribution in [2.75, 3.05) is 0 Å². The molecule has 0 saturated heterocycles. The zero-order valence-corrected chi connectivity index (χ0v) is 16.7. The van der Waals surface area contributed by atoms with Crippen LogP contribution >= 0.6 is 0 Å². The van der Waals surface area contributed by atoms with E-state index < -0.39 is 8.07 Å². The van der Waals surface area contributed by atoms with E-state index >= 15 is 0 Å². The Morgan fingerprint density at radius 2 is 0.893 bits per heavy atom. The molecule has 1 heteroatoms. The largest absolute Gasteiger partial charge is 0.159 e. The highest BCUT2D eigenvalue weighted by Crippen LogP contribution is 2.36. The van der Waals surface area contributed by atoms with Gasteiger partial charge < -0.3 is 0 Å². The van der Waals surface area contributed by atoms with Gasteiger partial charge in [-0.15, -0.1) is 0 Å². The van der Waals surface area contributed by atoms with Crippen molar-refractivity contribution in [3.05, 3.63) is 132 Å². The third-order valence-corrected chi connectivity index (χ3v) is 11.1. The van der Waals surface area contributed by atoms with E-state index in [1.807, 2.05) is 0 Å². The molecule has 1 unspecified atom stereocenters. The van der Waals surface area contributed by atoms with E-state index in [-0.39, 0.29) is 0 Å². The first-order valence-corrected chi connectivity index (χ1v) is 11.9. The predicted octanol–water partition coefficient (Wildman–Crippen LogP) is 4.51. The van der Waals surface area contributed by atoms with Crippen molar-refractivity contribution in [3.63, 3.8) is 0 Å². The van der Waals surface area contributed by atoms with Gasteiger partial charge in [0, 0.05) is 5.54 Å². The van der Waals surface area contributed by atoms with Gasteiger partial charge in [0.2, 0.25) is 0 Å². The Morgan fingerprint density at radius 1 is 0.464 bits per heavy atom. The second-order valence-corrected chi connectivity index (χ2v) is 11.3. The van der Waals surface area contributed by atoms with Crippen molar-refractivity contribution in [1.29, 1.82) is 0 Å². The molecule has 0 amide bonds. The van der Waals surface area contributed by atoms with Gasteiger partial charge >= 0.3 is 0 Å². The van der Waals surface area contributed by atoms with Crippen LogP contribution < -0.4 is 15.6 Å². The summed E-state index contributed by atoms with van der Waals surface area (Å²) in [5.41, 5.74) is 3.17. The topological polar surface area (TPSA) is 0 Å². The Hall–Kier alpha value is -3.16. The van der Waals surface area contributed by atoms with E-state index in [9.17, 15) is 0 Å². The third-order valence-electron chi connectivity index (χ3n) is 5.95. The van der Waals surface area contributed by atoms with Crippen molar-refractivity contribution in [1.82, 2.24) is 0 Å². The van der Waals surface area contributed by atoms with Gasteiger partial charge in [0.1, 0.15) is 0 Å². The highest BCUT2D eigenvalue weighted by atomic mass is 28.3. The van der Waals surface area contributed by atoms with Crippen molar-refractivity contribution in [2.45, 2.75) is 5.54 Å². The minimum atomic E-state index is -2.33. The molecule has 0 aliphatic heterocycles. The average molecular weight is 375 g/mol. The summed E-state index contributed by atoms with van der Waals surface area (Å²) in [4.78, 5) is 0. The molecule has 4 aromatic rings. The second kappa shape index (κ2) is 7.10. The van der Waals surface area contributed by atoms with Gasteiger partial charge in [-0.3, -0.25) is 0 Å². The minimum Gasteiger partial charge on any atom is -0.0781 e. The number of hydrogen-bond donors (Lipinski definition) is 0. The van der Waals surface area contributed by atoms with Crippen LogP contribution in [-0.2, 0) is 0 Å². The first kappa shape index (κ1) is 17.0. The molecule has 0 nitrogen and oxygen atoms in total. The molecule has 0 bridgehead atoms. The lowest BCUT2D eigenvalue weighted by molar-refractivity contribution is 1.19. The lowest BCUT2D eigenvalue weighted by Crippen LogP contribution is -2.70. The summed E-state index contributed by atoms with van der Waals surface area (Å²) in [7, 11) is -2.33.